The van der Waals surface area contributed by atoms with Crippen molar-refractivity contribution in [3.05, 3.63) is 0 Å². The number of aliphatic hydroxyl groups excluding tert-OH is 10. The lowest BCUT2D eigenvalue weighted by Crippen LogP contribution is -2.65. The van der Waals surface area contributed by atoms with Crippen molar-refractivity contribution in [1.82, 2.24) is 0 Å². The molecule has 3 rings (SSSR count). The second-order valence-corrected chi connectivity index (χ2v) is 11.1. The van der Waals surface area contributed by atoms with Crippen molar-refractivity contribution in [2.24, 2.45) is 0 Å². The number of rotatable bonds is 12. The smallest absolute Gasteiger partial charge is 0.308 e. The molecule has 3 aliphatic rings. The Morgan fingerprint density at radius 1 is 0.682 bits per heavy atom. The highest BCUT2D eigenvalue weighted by Crippen LogP contribution is 2.31. The number of aliphatic hydroxyl groups is 11. The van der Waals surface area contributed by atoms with Crippen LogP contribution in [0.25, 0.3) is 0 Å². The first-order chi connectivity index (χ1) is 20.5. The molecule has 0 radical (unpaired) electrons. The van der Waals surface area contributed by atoms with Crippen molar-refractivity contribution < 1.29 is 99.3 Å². The number of esters is 1. The summed E-state index contributed by atoms with van der Waals surface area (Å²) < 4.78 is 32.0. The average Bonchev–Trinajstić information content (AvgIpc) is 2.94. The second kappa shape index (κ2) is 15.3. The third kappa shape index (κ3) is 8.76. The van der Waals surface area contributed by atoms with Gasteiger partial charge in [-0.1, -0.05) is 0 Å². The summed E-state index contributed by atoms with van der Waals surface area (Å²) in [6, 6.07) is 0. The van der Waals surface area contributed by atoms with Crippen LogP contribution in [0.2, 0.25) is 0 Å². The van der Waals surface area contributed by atoms with E-state index in [2.05, 4.69) is 0 Å². The van der Waals surface area contributed by atoms with Crippen LogP contribution < -0.4 is 0 Å². The summed E-state index contributed by atoms with van der Waals surface area (Å²) >= 11 is 0. The van der Waals surface area contributed by atoms with Gasteiger partial charge in [0.2, 0.25) is 0 Å². The number of hydrogen-bond acceptors (Lipinski definition) is 19. The number of carboxylic acid groups (broad SMARTS) is 1. The number of carbonyl (C=O) groups excluding carboxylic acids is 1. The molecule has 0 aliphatic carbocycles. The SMILES string of the molecule is C[C@](O)(CC(=O)O)CC(=O)OC[C@H]1O[C@@H](OC[C@H]2O[C@@H](O)[C@H](O)[C@@H](O)[C@@H]2O)[C@H](O[C@@H]2O[C@H](CO)[C@@H](O)[C@H](O)[C@H]2O)[C@@H](O)[C@@H]1O. The Kier molecular flexibility index (Phi) is 12.8. The topological polar surface area (TPSA) is 332 Å². The summed E-state index contributed by atoms with van der Waals surface area (Å²) in [7, 11) is 0. The molecule has 3 aliphatic heterocycles. The summed E-state index contributed by atoms with van der Waals surface area (Å²) in [5.74, 6) is -2.48. The van der Waals surface area contributed by atoms with Gasteiger partial charge in [-0.15, -0.1) is 0 Å². The van der Waals surface area contributed by atoms with Crippen LogP contribution in [0.3, 0.4) is 0 Å². The first-order valence-corrected chi connectivity index (χ1v) is 13.5. The van der Waals surface area contributed by atoms with Crippen molar-refractivity contribution in [2.45, 2.75) is 117 Å². The van der Waals surface area contributed by atoms with Gasteiger partial charge in [0.15, 0.2) is 18.9 Å². The molecule has 256 valence electrons. The fourth-order valence-electron chi connectivity index (χ4n) is 4.84. The van der Waals surface area contributed by atoms with Gasteiger partial charge in [-0.3, -0.25) is 9.59 Å². The number of aliphatic carboxylic acids is 1. The normalized spacial score (nSPS) is 44.5. The number of carboxylic acids is 1. The molecule has 3 heterocycles. The summed E-state index contributed by atoms with van der Waals surface area (Å²) in [4.78, 5) is 23.1. The standard InChI is InChI=1S/C24H40O20/c1-24(38,2-10(26)27)3-11(28)39-5-9-14(31)17(34)20(44-22-19(36)16(33)12(29)7(4-25)42-22)23(43-9)40-6-8-13(30)15(32)18(35)21(37)41-8/h7-9,12-23,25,29-38H,2-6H2,1H3,(H,26,27)/t7-,8-,9-,12-,13-,14-,15+,16+,17+,18-,19-,20-,21-,22+,23-,24+/m1/s1. The lowest BCUT2D eigenvalue weighted by molar-refractivity contribution is -0.372. The molecule has 16 atom stereocenters. The summed E-state index contributed by atoms with van der Waals surface area (Å²) in [5.41, 5.74) is -1.98. The van der Waals surface area contributed by atoms with E-state index in [-0.39, 0.29) is 0 Å². The third-order valence-corrected chi connectivity index (χ3v) is 7.36. The molecule has 0 bridgehead atoms. The molecule has 0 aromatic carbocycles. The first kappa shape index (κ1) is 36.8. The van der Waals surface area contributed by atoms with E-state index in [9.17, 15) is 65.8 Å². The third-order valence-electron chi connectivity index (χ3n) is 7.36. The van der Waals surface area contributed by atoms with E-state index in [0.29, 0.717) is 0 Å². The van der Waals surface area contributed by atoms with Crippen molar-refractivity contribution in [1.29, 1.82) is 0 Å². The van der Waals surface area contributed by atoms with Crippen LogP contribution in [0.1, 0.15) is 19.8 Å². The van der Waals surface area contributed by atoms with Crippen LogP contribution in [-0.2, 0) is 38.0 Å². The zero-order valence-corrected chi connectivity index (χ0v) is 23.3. The number of carbonyl (C=O) groups is 2. The minimum absolute atomic E-state index is 0.728. The summed E-state index contributed by atoms with van der Waals surface area (Å²) in [6.45, 7) is -1.25. The maximum Gasteiger partial charge on any atom is 0.308 e. The first-order valence-electron chi connectivity index (χ1n) is 13.5. The maximum absolute atomic E-state index is 12.2. The molecule has 0 spiro atoms. The van der Waals surface area contributed by atoms with Crippen LogP contribution in [0.5, 0.6) is 0 Å². The highest BCUT2D eigenvalue weighted by Gasteiger charge is 2.52. The fourth-order valence-corrected chi connectivity index (χ4v) is 4.84. The predicted molar refractivity (Wildman–Crippen MR) is 133 cm³/mol. The van der Waals surface area contributed by atoms with Gasteiger partial charge in [0, 0.05) is 0 Å². The highest BCUT2D eigenvalue weighted by molar-refractivity contribution is 5.73. The van der Waals surface area contributed by atoms with Crippen LogP contribution >= 0.6 is 0 Å². The minimum Gasteiger partial charge on any atom is -0.481 e. The lowest BCUT2D eigenvalue weighted by Gasteiger charge is -2.46. The molecular formula is C24H40O20. The molecule has 0 amide bonds. The van der Waals surface area contributed by atoms with Gasteiger partial charge in [0.1, 0.15) is 79.9 Å². The summed E-state index contributed by atoms with van der Waals surface area (Å²) in [6.07, 6.45) is -28.5. The largest absolute Gasteiger partial charge is 0.481 e. The van der Waals surface area contributed by atoms with E-state index in [1.165, 1.54) is 0 Å². The van der Waals surface area contributed by atoms with Gasteiger partial charge in [0.25, 0.3) is 0 Å². The monoisotopic (exact) mass is 648 g/mol. The van der Waals surface area contributed by atoms with E-state index < -0.39 is 142 Å². The van der Waals surface area contributed by atoms with Crippen LogP contribution in [-0.4, -0.2) is 191 Å². The predicted octanol–water partition coefficient (Wildman–Crippen LogP) is -7.41. The average molecular weight is 649 g/mol. The zero-order valence-electron chi connectivity index (χ0n) is 23.3. The van der Waals surface area contributed by atoms with Gasteiger partial charge in [-0.05, 0) is 6.92 Å². The molecule has 0 aromatic rings. The van der Waals surface area contributed by atoms with Crippen molar-refractivity contribution in [2.75, 3.05) is 19.8 Å². The second-order valence-electron chi connectivity index (χ2n) is 11.1. The van der Waals surface area contributed by atoms with E-state index >= 15 is 0 Å². The quantitative estimate of drug-likeness (QED) is 0.0874. The maximum atomic E-state index is 12.2. The number of ether oxygens (including phenoxy) is 6. The van der Waals surface area contributed by atoms with Crippen molar-refractivity contribution >= 4 is 11.9 Å². The van der Waals surface area contributed by atoms with Crippen molar-refractivity contribution in [3.8, 4) is 0 Å². The van der Waals surface area contributed by atoms with Gasteiger partial charge in [0.05, 0.1) is 31.7 Å². The Hall–Kier alpha value is -1.70. The molecule has 20 nitrogen and oxygen atoms in total. The highest BCUT2D eigenvalue weighted by atomic mass is 16.8. The summed E-state index contributed by atoms with van der Waals surface area (Å²) in [5, 5.41) is 120. The molecular weight excluding hydrogens is 608 g/mol. The van der Waals surface area contributed by atoms with E-state index in [1.54, 1.807) is 0 Å². The molecule has 0 unspecified atom stereocenters. The van der Waals surface area contributed by atoms with Crippen molar-refractivity contribution in [3.63, 3.8) is 0 Å². The zero-order chi connectivity index (χ0) is 33.1. The lowest BCUT2D eigenvalue weighted by atomic mass is 9.97. The Labute approximate surface area is 249 Å². The molecule has 3 saturated heterocycles. The van der Waals surface area contributed by atoms with E-state index in [1.807, 2.05) is 0 Å². The van der Waals surface area contributed by atoms with Gasteiger partial charge < -0.3 is 89.7 Å². The molecule has 0 aromatic heterocycles. The van der Waals surface area contributed by atoms with Gasteiger partial charge in [-0.25, -0.2) is 0 Å². The van der Waals surface area contributed by atoms with Gasteiger partial charge >= 0.3 is 11.9 Å². The Bertz CT molecular complexity index is 949. The van der Waals surface area contributed by atoms with Crippen LogP contribution in [0, 0.1) is 0 Å². The molecule has 0 saturated carbocycles. The van der Waals surface area contributed by atoms with Gasteiger partial charge in [-0.2, -0.15) is 0 Å². The Morgan fingerprint density at radius 3 is 1.84 bits per heavy atom. The number of hydrogen-bond donors (Lipinski definition) is 12. The molecule has 12 N–H and O–H groups in total. The fraction of sp³-hybridized carbons (Fsp3) is 0.917. The Balaban J connectivity index is 1.76. The van der Waals surface area contributed by atoms with E-state index in [0.717, 1.165) is 6.92 Å². The Morgan fingerprint density at radius 2 is 1.23 bits per heavy atom. The van der Waals surface area contributed by atoms with E-state index in [4.69, 9.17) is 33.5 Å². The van der Waals surface area contributed by atoms with Crippen LogP contribution in [0.4, 0.5) is 0 Å². The molecule has 20 heteroatoms. The minimum atomic E-state index is -1.99. The molecule has 44 heavy (non-hydrogen) atoms. The molecule has 3 fully saturated rings. The van der Waals surface area contributed by atoms with Crippen LogP contribution in [0.15, 0.2) is 0 Å².